The van der Waals surface area contributed by atoms with Gasteiger partial charge < -0.3 is 10.2 Å². The fourth-order valence-corrected chi connectivity index (χ4v) is 4.11. The number of guanidine groups is 1. The molecule has 2 rings (SSSR count). The summed E-state index contributed by atoms with van der Waals surface area (Å²) >= 11 is 0. The topological polar surface area (TPSA) is 65.0 Å². The molecule has 6 nitrogen and oxygen atoms in total. The standard InChI is InChI=1S/C15H30N4O2S/c1-14(2)11-19(15(14,3)4)13(16-5)17-9-12-7-8-18(10-12)22(6,20)21/h12H,7-11H2,1-6H3,(H,16,17). The van der Waals surface area contributed by atoms with Crippen LogP contribution in [0.4, 0.5) is 0 Å². The monoisotopic (exact) mass is 330 g/mol. The van der Waals surface area contributed by atoms with Gasteiger partial charge in [0.2, 0.25) is 10.0 Å². The van der Waals surface area contributed by atoms with Crippen molar-refractivity contribution in [2.24, 2.45) is 16.3 Å². The number of hydrogen-bond acceptors (Lipinski definition) is 3. The minimum atomic E-state index is -3.06. The van der Waals surface area contributed by atoms with E-state index in [1.807, 2.05) is 0 Å². The van der Waals surface area contributed by atoms with E-state index in [0.717, 1.165) is 25.5 Å². The van der Waals surface area contributed by atoms with Gasteiger partial charge in [-0.1, -0.05) is 13.8 Å². The number of nitrogens with one attached hydrogen (secondary N) is 1. The van der Waals surface area contributed by atoms with Crippen LogP contribution < -0.4 is 5.32 Å². The molecule has 2 heterocycles. The summed E-state index contributed by atoms with van der Waals surface area (Å²) in [6.07, 6.45) is 2.19. The molecule has 0 aromatic heterocycles. The maximum Gasteiger partial charge on any atom is 0.211 e. The molecular weight excluding hydrogens is 300 g/mol. The van der Waals surface area contributed by atoms with Gasteiger partial charge in [0, 0.05) is 44.2 Å². The lowest BCUT2D eigenvalue weighted by Gasteiger charge is -2.62. The molecular formula is C15H30N4O2S. The summed E-state index contributed by atoms with van der Waals surface area (Å²) in [5.41, 5.74) is 0.342. The number of likely N-dealkylation sites (tertiary alicyclic amines) is 1. The normalized spacial score (nSPS) is 28.5. The summed E-state index contributed by atoms with van der Waals surface area (Å²) in [4.78, 5) is 6.70. The third-order valence-electron chi connectivity index (χ3n) is 5.62. The number of nitrogens with zero attached hydrogens (tertiary/aromatic N) is 3. The van der Waals surface area contributed by atoms with Crippen LogP contribution in [-0.4, -0.2) is 68.6 Å². The lowest BCUT2D eigenvalue weighted by molar-refractivity contribution is -0.0668. The third-order valence-corrected chi connectivity index (χ3v) is 6.89. The van der Waals surface area contributed by atoms with Gasteiger partial charge in [0.1, 0.15) is 0 Å². The van der Waals surface area contributed by atoms with Crippen LogP contribution >= 0.6 is 0 Å². The molecule has 0 aromatic rings. The van der Waals surface area contributed by atoms with Gasteiger partial charge in [0.25, 0.3) is 0 Å². The zero-order valence-corrected chi connectivity index (χ0v) is 15.5. The number of rotatable bonds is 3. The minimum Gasteiger partial charge on any atom is -0.356 e. The fourth-order valence-electron chi connectivity index (χ4n) is 3.20. The lowest BCUT2D eigenvalue weighted by Crippen LogP contribution is -2.72. The highest BCUT2D eigenvalue weighted by Gasteiger charge is 2.53. The van der Waals surface area contributed by atoms with Crippen molar-refractivity contribution >= 4 is 16.0 Å². The Morgan fingerprint density at radius 2 is 1.95 bits per heavy atom. The molecule has 0 bridgehead atoms. The lowest BCUT2D eigenvalue weighted by atomic mass is 9.65. The minimum absolute atomic E-state index is 0.0727. The smallest absolute Gasteiger partial charge is 0.211 e. The first kappa shape index (κ1) is 17.5. The Balaban J connectivity index is 1.89. The van der Waals surface area contributed by atoms with Gasteiger partial charge in [0.05, 0.1) is 6.26 Å². The number of aliphatic imine (C=N–C) groups is 1. The molecule has 7 heteroatoms. The van der Waals surface area contributed by atoms with E-state index in [1.54, 1.807) is 11.4 Å². The quantitative estimate of drug-likeness (QED) is 0.618. The van der Waals surface area contributed by atoms with Crippen LogP contribution in [0.25, 0.3) is 0 Å². The zero-order valence-electron chi connectivity index (χ0n) is 14.7. The molecule has 2 aliphatic rings. The summed E-state index contributed by atoms with van der Waals surface area (Å²) in [5.74, 6) is 1.27. The molecule has 0 spiro atoms. The van der Waals surface area contributed by atoms with E-state index in [1.165, 1.54) is 6.26 Å². The van der Waals surface area contributed by atoms with E-state index in [0.29, 0.717) is 19.0 Å². The molecule has 0 aromatic carbocycles. The van der Waals surface area contributed by atoms with Crippen LogP contribution in [0.1, 0.15) is 34.1 Å². The van der Waals surface area contributed by atoms with Crippen molar-refractivity contribution in [3.63, 3.8) is 0 Å². The Morgan fingerprint density at radius 1 is 1.32 bits per heavy atom. The molecule has 22 heavy (non-hydrogen) atoms. The van der Waals surface area contributed by atoms with Gasteiger partial charge in [-0.2, -0.15) is 0 Å². The van der Waals surface area contributed by atoms with E-state index < -0.39 is 10.0 Å². The predicted octanol–water partition coefficient (Wildman–Crippen LogP) is 0.964. The molecule has 1 N–H and O–H groups in total. The van der Waals surface area contributed by atoms with Crippen LogP contribution in [-0.2, 0) is 10.0 Å². The van der Waals surface area contributed by atoms with Gasteiger partial charge in [-0.3, -0.25) is 4.99 Å². The second-order valence-electron chi connectivity index (χ2n) is 7.73. The molecule has 1 unspecified atom stereocenters. The average molecular weight is 330 g/mol. The fraction of sp³-hybridized carbons (Fsp3) is 0.933. The second-order valence-corrected chi connectivity index (χ2v) is 9.72. The Hall–Kier alpha value is -0.820. The van der Waals surface area contributed by atoms with Crippen molar-refractivity contribution in [1.82, 2.24) is 14.5 Å². The highest BCUT2D eigenvalue weighted by molar-refractivity contribution is 7.88. The number of sulfonamides is 1. The summed E-state index contributed by atoms with van der Waals surface area (Å²) in [6.45, 7) is 12.0. The van der Waals surface area contributed by atoms with E-state index in [-0.39, 0.29) is 11.0 Å². The van der Waals surface area contributed by atoms with Crippen molar-refractivity contribution < 1.29 is 8.42 Å². The van der Waals surface area contributed by atoms with Crippen LogP contribution in [0.3, 0.4) is 0 Å². The second kappa shape index (κ2) is 5.67. The Labute approximate surface area is 135 Å². The van der Waals surface area contributed by atoms with Crippen LogP contribution in [0.2, 0.25) is 0 Å². The average Bonchev–Trinajstić information content (AvgIpc) is 2.87. The van der Waals surface area contributed by atoms with Gasteiger partial charge in [0.15, 0.2) is 5.96 Å². The summed E-state index contributed by atoms with van der Waals surface area (Å²) in [5, 5.41) is 3.43. The van der Waals surface area contributed by atoms with Gasteiger partial charge in [-0.05, 0) is 26.2 Å². The first-order valence-corrected chi connectivity index (χ1v) is 9.77. The molecule has 2 saturated heterocycles. The summed E-state index contributed by atoms with van der Waals surface area (Å²) < 4.78 is 24.7. The van der Waals surface area contributed by atoms with E-state index in [2.05, 4.69) is 42.9 Å². The summed E-state index contributed by atoms with van der Waals surface area (Å²) in [7, 11) is -1.25. The Morgan fingerprint density at radius 3 is 2.36 bits per heavy atom. The van der Waals surface area contributed by atoms with Gasteiger partial charge in [-0.25, -0.2) is 12.7 Å². The SMILES string of the molecule is CN=C(NCC1CCN(S(C)(=O)=O)C1)N1CC(C)(C)C1(C)C. The third kappa shape index (κ3) is 3.11. The first-order valence-electron chi connectivity index (χ1n) is 7.92. The molecule has 2 aliphatic heterocycles. The van der Waals surface area contributed by atoms with E-state index in [4.69, 9.17) is 0 Å². The van der Waals surface area contributed by atoms with Crippen LogP contribution in [0.15, 0.2) is 4.99 Å². The largest absolute Gasteiger partial charge is 0.356 e. The van der Waals surface area contributed by atoms with E-state index >= 15 is 0 Å². The highest BCUT2D eigenvalue weighted by Crippen LogP contribution is 2.46. The summed E-state index contributed by atoms with van der Waals surface area (Å²) in [6, 6.07) is 0. The maximum atomic E-state index is 11.6. The molecule has 0 radical (unpaired) electrons. The van der Waals surface area contributed by atoms with Crippen LogP contribution in [0, 0.1) is 11.3 Å². The van der Waals surface area contributed by atoms with Crippen molar-refractivity contribution in [1.29, 1.82) is 0 Å². The number of hydrogen-bond donors (Lipinski definition) is 1. The van der Waals surface area contributed by atoms with Crippen molar-refractivity contribution in [2.45, 2.75) is 39.7 Å². The zero-order chi connectivity index (χ0) is 16.8. The molecule has 2 fully saturated rings. The van der Waals surface area contributed by atoms with Gasteiger partial charge in [-0.15, -0.1) is 0 Å². The van der Waals surface area contributed by atoms with Gasteiger partial charge >= 0.3 is 0 Å². The van der Waals surface area contributed by atoms with E-state index in [9.17, 15) is 8.42 Å². The molecule has 1 atom stereocenters. The van der Waals surface area contributed by atoms with Crippen molar-refractivity contribution in [3.8, 4) is 0 Å². The predicted molar refractivity (Wildman–Crippen MR) is 90.5 cm³/mol. The highest BCUT2D eigenvalue weighted by atomic mass is 32.2. The molecule has 0 saturated carbocycles. The first-order chi connectivity index (χ1) is 9.99. The Kier molecular flexibility index (Phi) is 4.52. The van der Waals surface area contributed by atoms with Crippen molar-refractivity contribution in [2.75, 3.05) is 39.5 Å². The maximum absolute atomic E-state index is 11.6. The Bertz CT molecular complexity index is 554. The molecule has 0 aliphatic carbocycles. The molecule has 128 valence electrons. The van der Waals surface area contributed by atoms with Crippen molar-refractivity contribution in [3.05, 3.63) is 0 Å². The molecule has 0 amide bonds. The van der Waals surface area contributed by atoms with Crippen LogP contribution in [0.5, 0.6) is 0 Å².